The molecule has 0 fully saturated rings. The summed E-state index contributed by atoms with van der Waals surface area (Å²) in [7, 11) is 0. The molecule has 1 N–H and O–H groups in total. The van der Waals surface area contributed by atoms with Gasteiger partial charge in [-0.25, -0.2) is 0 Å². The fourth-order valence-corrected chi connectivity index (χ4v) is 4.03. The number of nitrogens with zero attached hydrogens (tertiary/aromatic N) is 1. The molecule has 0 saturated heterocycles. The Bertz CT molecular complexity index is 1090. The van der Waals surface area contributed by atoms with E-state index in [-0.39, 0.29) is 11.3 Å². The molecule has 0 spiro atoms. The highest BCUT2D eigenvalue weighted by Crippen LogP contribution is 2.35. The van der Waals surface area contributed by atoms with E-state index in [9.17, 15) is 10.1 Å². The summed E-state index contributed by atoms with van der Waals surface area (Å²) < 4.78 is 5.83. The van der Waals surface area contributed by atoms with Gasteiger partial charge in [0.05, 0.1) is 5.56 Å². The van der Waals surface area contributed by atoms with Crippen molar-refractivity contribution in [1.82, 2.24) is 0 Å². The number of benzene rings is 2. The third-order valence-corrected chi connectivity index (χ3v) is 5.38. The first kappa shape index (κ1) is 21.4. The molecule has 0 saturated carbocycles. The van der Waals surface area contributed by atoms with E-state index in [4.69, 9.17) is 4.74 Å². The first-order valence-corrected chi connectivity index (χ1v) is 10.5. The van der Waals surface area contributed by atoms with Crippen molar-refractivity contribution >= 4 is 28.3 Å². The molecule has 0 radical (unpaired) electrons. The number of rotatable bonds is 6. The van der Waals surface area contributed by atoms with Crippen molar-refractivity contribution in [1.29, 1.82) is 5.26 Å². The zero-order chi connectivity index (χ0) is 21.6. The van der Waals surface area contributed by atoms with E-state index in [1.165, 1.54) is 17.4 Å². The number of carbonyl (C=O) groups is 1. The molecule has 0 bridgehead atoms. The third kappa shape index (κ3) is 5.59. The maximum atomic E-state index is 12.4. The van der Waals surface area contributed by atoms with Crippen molar-refractivity contribution in [3.63, 3.8) is 0 Å². The number of hydrogen-bond donors (Lipinski definition) is 1. The first-order chi connectivity index (χ1) is 14.4. The van der Waals surface area contributed by atoms with Gasteiger partial charge in [0.25, 0.3) is 0 Å². The topological polar surface area (TPSA) is 62.1 Å². The van der Waals surface area contributed by atoms with E-state index in [0.717, 1.165) is 22.4 Å². The maximum absolute atomic E-state index is 12.4. The zero-order valence-electron chi connectivity index (χ0n) is 17.3. The summed E-state index contributed by atoms with van der Waals surface area (Å²) in [5, 5.41) is 14.9. The van der Waals surface area contributed by atoms with Gasteiger partial charge in [-0.3, -0.25) is 4.79 Å². The molecule has 0 aliphatic heterocycles. The van der Waals surface area contributed by atoms with Crippen molar-refractivity contribution in [2.75, 3.05) is 5.32 Å². The van der Waals surface area contributed by atoms with Crippen LogP contribution in [0.4, 0.5) is 5.00 Å². The highest BCUT2D eigenvalue weighted by molar-refractivity contribution is 7.14. The molecule has 1 aromatic heterocycles. The van der Waals surface area contributed by atoms with Crippen molar-refractivity contribution in [2.45, 2.75) is 32.8 Å². The maximum Gasteiger partial charge on any atom is 0.249 e. The Labute approximate surface area is 181 Å². The average molecular weight is 417 g/mol. The fourth-order valence-electron chi connectivity index (χ4n) is 2.89. The van der Waals surface area contributed by atoms with E-state index < -0.39 is 0 Å². The van der Waals surface area contributed by atoms with Crippen LogP contribution < -0.4 is 10.1 Å². The van der Waals surface area contributed by atoms with Gasteiger partial charge in [0, 0.05) is 6.08 Å². The van der Waals surface area contributed by atoms with Crippen LogP contribution in [0.5, 0.6) is 5.75 Å². The highest BCUT2D eigenvalue weighted by Gasteiger charge is 2.22. The summed E-state index contributed by atoms with van der Waals surface area (Å²) in [4.78, 5) is 12.4. The van der Waals surface area contributed by atoms with Gasteiger partial charge in [-0.05, 0) is 45.7 Å². The minimum absolute atomic E-state index is 0.152. The number of thiophene rings is 1. The quantitative estimate of drug-likeness (QED) is 0.490. The van der Waals surface area contributed by atoms with E-state index in [1.807, 2.05) is 80.7 Å². The van der Waals surface area contributed by atoms with Gasteiger partial charge in [-0.2, -0.15) is 5.26 Å². The number of hydrogen-bond acceptors (Lipinski definition) is 4. The summed E-state index contributed by atoms with van der Waals surface area (Å²) in [6, 6.07) is 19.7. The van der Waals surface area contributed by atoms with Gasteiger partial charge in [0.15, 0.2) is 0 Å². The van der Waals surface area contributed by atoms with Crippen molar-refractivity contribution in [3.05, 3.63) is 88.3 Å². The van der Waals surface area contributed by atoms with Crippen LogP contribution in [0.1, 0.15) is 43.0 Å². The molecule has 1 heterocycles. The monoisotopic (exact) mass is 416 g/mol. The highest BCUT2D eigenvalue weighted by atomic mass is 32.1. The lowest BCUT2D eigenvalue weighted by molar-refractivity contribution is -0.111. The van der Waals surface area contributed by atoms with Gasteiger partial charge < -0.3 is 10.1 Å². The van der Waals surface area contributed by atoms with Crippen molar-refractivity contribution < 1.29 is 9.53 Å². The predicted octanol–water partition coefficient (Wildman–Crippen LogP) is 6.15. The van der Waals surface area contributed by atoms with Crippen LogP contribution in [0.15, 0.2) is 66.1 Å². The number of anilines is 1. The summed E-state index contributed by atoms with van der Waals surface area (Å²) in [6.07, 6.45) is 3.20. The van der Waals surface area contributed by atoms with Gasteiger partial charge in [0.2, 0.25) is 5.91 Å². The van der Waals surface area contributed by atoms with Crippen LogP contribution in [0.3, 0.4) is 0 Å². The molecule has 5 heteroatoms. The van der Waals surface area contributed by atoms with E-state index >= 15 is 0 Å². The summed E-state index contributed by atoms with van der Waals surface area (Å²) >= 11 is 1.38. The largest absolute Gasteiger partial charge is 0.489 e. The normalized spacial score (nSPS) is 11.3. The summed E-state index contributed by atoms with van der Waals surface area (Å²) in [5.74, 6) is 0.464. The summed E-state index contributed by atoms with van der Waals surface area (Å²) in [5.41, 5.74) is 3.28. The number of carbonyl (C=O) groups excluding carboxylic acids is 1. The average Bonchev–Trinajstić information content (AvgIpc) is 3.15. The molecule has 0 aliphatic rings. The number of ether oxygens (including phenoxy) is 1. The molecule has 3 aromatic rings. The molecule has 0 atom stereocenters. The van der Waals surface area contributed by atoms with Crippen LogP contribution >= 0.6 is 11.3 Å². The number of amides is 1. The van der Waals surface area contributed by atoms with Crippen LogP contribution in [-0.4, -0.2) is 5.91 Å². The van der Waals surface area contributed by atoms with Crippen molar-refractivity contribution in [2.24, 2.45) is 0 Å². The Hall–Kier alpha value is -3.36. The Morgan fingerprint density at radius 1 is 1.17 bits per heavy atom. The fraction of sp³-hybridized carbons (Fsp3) is 0.200. The zero-order valence-corrected chi connectivity index (χ0v) is 18.1. The molecular weight excluding hydrogens is 392 g/mol. The molecule has 1 amide bonds. The number of nitrogens with one attached hydrogen (secondary N) is 1. The van der Waals surface area contributed by atoms with Crippen LogP contribution in [0, 0.1) is 11.3 Å². The van der Waals surface area contributed by atoms with Crippen molar-refractivity contribution in [3.8, 4) is 11.8 Å². The van der Waals surface area contributed by atoms with E-state index in [1.54, 1.807) is 6.08 Å². The molecular formula is C25H24N2O2S. The van der Waals surface area contributed by atoms with Crippen LogP contribution in [0.2, 0.25) is 0 Å². The summed E-state index contributed by atoms with van der Waals surface area (Å²) in [6.45, 7) is 6.64. The lowest BCUT2D eigenvalue weighted by Gasteiger charge is -2.17. The minimum Gasteiger partial charge on any atom is -0.489 e. The van der Waals surface area contributed by atoms with E-state index in [0.29, 0.717) is 17.2 Å². The molecule has 0 unspecified atom stereocenters. The second kappa shape index (κ2) is 9.43. The Kier molecular flexibility index (Phi) is 6.71. The lowest BCUT2D eigenvalue weighted by Crippen LogP contribution is -2.13. The van der Waals surface area contributed by atoms with Gasteiger partial charge >= 0.3 is 0 Å². The molecule has 152 valence electrons. The van der Waals surface area contributed by atoms with Gasteiger partial charge in [0.1, 0.15) is 23.4 Å². The smallest absolute Gasteiger partial charge is 0.249 e. The third-order valence-electron chi connectivity index (χ3n) is 4.48. The molecule has 30 heavy (non-hydrogen) atoms. The SMILES string of the molecule is CC(C)(C)c1csc(NC(=O)/C=C/c2cccc(OCc3ccccc3)c2)c1C#N. The van der Waals surface area contributed by atoms with E-state index in [2.05, 4.69) is 11.4 Å². The Morgan fingerprint density at radius 3 is 2.63 bits per heavy atom. The molecule has 3 rings (SSSR count). The van der Waals surface area contributed by atoms with Gasteiger partial charge in [-0.1, -0.05) is 63.2 Å². The van der Waals surface area contributed by atoms with Gasteiger partial charge in [-0.15, -0.1) is 11.3 Å². The van der Waals surface area contributed by atoms with Crippen LogP contribution in [-0.2, 0) is 16.8 Å². The molecule has 4 nitrogen and oxygen atoms in total. The predicted molar refractivity (Wildman–Crippen MR) is 123 cm³/mol. The lowest BCUT2D eigenvalue weighted by atomic mass is 9.86. The minimum atomic E-state index is -0.274. The first-order valence-electron chi connectivity index (χ1n) is 9.65. The second-order valence-electron chi connectivity index (χ2n) is 7.88. The Balaban J connectivity index is 1.64. The second-order valence-corrected chi connectivity index (χ2v) is 8.76. The number of nitriles is 1. The standard InChI is InChI=1S/C25H24N2O2S/c1-25(2,3)22-17-30-24(21(22)15-26)27-23(28)13-12-18-10-7-11-20(14-18)29-16-19-8-5-4-6-9-19/h4-14,17H,16H2,1-3H3,(H,27,28)/b13-12+. The molecule has 0 aliphatic carbocycles. The van der Waals surface area contributed by atoms with Crippen LogP contribution in [0.25, 0.3) is 6.08 Å². The Morgan fingerprint density at radius 2 is 1.93 bits per heavy atom. The molecule has 2 aromatic carbocycles.